The Morgan fingerprint density at radius 2 is 1.43 bits per heavy atom. The van der Waals surface area contributed by atoms with Gasteiger partial charge in [-0.2, -0.15) is 10.2 Å². The molecule has 9 nitrogen and oxygen atoms in total. The number of nitrogens with one attached hydrogen (secondary N) is 1. The highest BCUT2D eigenvalue weighted by molar-refractivity contribution is 6.30. The largest absolute Gasteiger partial charge is 0.380 e. The number of rotatable bonds is 5. The average Bonchev–Trinajstić information content (AvgIpc) is 3.61. The van der Waals surface area contributed by atoms with Gasteiger partial charge >= 0.3 is 0 Å². The second-order valence-electron chi connectivity index (χ2n) is 8.28. The van der Waals surface area contributed by atoms with Gasteiger partial charge in [-0.3, -0.25) is 19.7 Å². The summed E-state index contributed by atoms with van der Waals surface area (Å²) in [5.41, 5.74) is 7.12. The molecule has 186 valence electrons. The molecule has 6 rings (SSSR count). The Morgan fingerprint density at radius 1 is 0.811 bits per heavy atom. The highest BCUT2D eigenvalue weighted by Crippen LogP contribution is 2.23. The highest BCUT2D eigenvalue weighted by atomic mass is 35.5. The number of ether oxygens (including phenoxy) is 1. The molecule has 0 aromatic carbocycles. The Hall–Kier alpha value is -3.92. The number of halogens is 2. The van der Waals surface area contributed by atoms with Crippen LogP contribution in [0.2, 0.25) is 10.3 Å². The van der Waals surface area contributed by atoms with Crippen LogP contribution in [0.4, 0.5) is 0 Å². The standard InChI is InChI=1S/C15H15ClN4O.C11H7ClN4/c1-10(21-2)8-20-9-12(7-18-20)11-5-14-13(17-6-11)3-4-15(16)19-14;12-11-2-1-9-10(16-11)3-7(4-13-9)8-5-14-15-6-8/h3-7,9-10H,8H2,1-2H3;1-6H,(H,14,15). The number of hydrogen-bond donors (Lipinski definition) is 1. The molecule has 0 aliphatic rings. The van der Waals surface area contributed by atoms with E-state index >= 15 is 0 Å². The fraction of sp³-hybridized carbons (Fsp3) is 0.154. The number of hydrogen-bond acceptors (Lipinski definition) is 7. The minimum Gasteiger partial charge on any atom is -0.380 e. The number of nitrogens with zero attached hydrogens (tertiary/aromatic N) is 7. The van der Waals surface area contributed by atoms with Gasteiger partial charge < -0.3 is 4.74 Å². The fourth-order valence-electron chi connectivity index (χ4n) is 3.64. The van der Waals surface area contributed by atoms with E-state index in [4.69, 9.17) is 27.9 Å². The third-order valence-corrected chi connectivity index (χ3v) is 6.07. The van der Waals surface area contributed by atoms with E-state index in [1.54, 1.807) is 31.6 Å². The second-order valence-corrected chi connectivity index (χ2v) is 9.05. The Balaban J connectivity index is 0.000000157. The van der Waals surface area contributed by atoms with E-state index in [0.717, 1.165) is 44.3 Å². The van der Waals surface area contributed by atoms with E-state index in [1.807, 2.05) is 60.7 Å². The topological polar surface area (TPSA) is 107 Å². The number of aromatic nitrogens is 8. The van der Waals surface area contributed by atoms with Crippen LogP contribution in [-0.4, -0.2) is 53.1 Å². The number of methoxy groups -OCH3 is 1. The van der Waals surface area contributed by atoms with Gasteiger partial charge in [0.1, 0.15) is 10.3 Å². The zero-order valence-electron chi connectivity index (χ0n) is 20.0. The van der Waals surface area contributed by atoms with Gasteiger partial charge in [-0.25, -0.2) is 9.97 Å². The van der Waals surface area contributed by atoms with Crippen LogP contribution >= 0.6 is 23.2 Å². The lowest BCUT2D eigenvalue weighted by Gasteiger charge is -2.08. The maximum Gasteiger partial charge on any atom is 0.129 e. The van der Waals surface area contributed by atoms with Gasteiger partial charge in [0, 0.05) is 54.2 Å². The van der Waals surface area contributed by atoms with Crippen LogP contribution in [0.3, 0.4) is 0 Å². The van der Waals surface area contributed by atoms with Crippen molar-refractivity contribution in [3.05, 3.63) is 83.9 Å². The number of pyridine rings is 4. The summed E-state index contributed by atoms with van der Waals surface area (Å²) in [6.45, 7) is 2.71. The van der Waals surface area contributed by atoms with E-state index < -0.39 is 0 Å². The van der Waals surface area contributed by atoms with E-state index in [0.29, 0.717) is 16.9 Å². The van der Waals surface area contributed by atoms with Crippen LogP contribution in [0.15, 0.2) is 73.6 Å². The van der Waals surface area contributed by atoms with Gasteiger partial charge in [-0.05, 0) is 43.3 Å². The maximum absolute atomic E-state index is 5.93. The van der Waals surface area contributed by atoms with Crippen molar-refractivity contribution in [3.63, 3.8) is 0 Å². The molecule has 0 bridgehead atoms. The summed E-state index contributed by atoms with van der Waals surface area (Å²) in [6.07, 6.45) is 11.1. The summed E-state index contributed by atoms with van der Waals surface area (Å²) in [5, 5.41) is 11.9. The molecule has 0 saturated heterocycles. The van der Waals surface area contributed by atoms with E-state index in [-0.39, 0.29) is 6.10 Å². The molecule has 0 amide bonds. The average molecular weight is 533 g/mol. The first-order chi connectivity index (χ1) is 18.0. The first-order valence-electron chi connectivity index (χ1n) is 11.4. The van der Waals surface area contributed by atoms with Crippen molar-refractivity contribution in [1.29, 1.82) is 0 Å². The summed E-state index contributed by atoms with van der Waals surface area (Å²) in [5.74, 6) is 0. The monoisotopic (exact) mass is 532 g/mol. The molecule has 0 saturated carbocycles. The molecule has 1 atom stereocenters. The summed E-state index contributed by atoms with van der Waals surface area (Å²) in [7, 11) is 1.69. The molecule has 0 spiro atoms. The molecular weight excluding hydrogens is 511 g/mol. The lowest BCUT2D eigenvalue weighted by Crippen LogP contribution is -2.14. The Morgan fingerprint density at radius 3 is 2.00 bits per heavy atom. The fourth-order valence-corrected chi connectivity index (χ4v) is 3.95. The van der Waals surface area contributed by atoms with Crippen LogP contribution in [0.1, 0.15) is 6.92 Å². The van der Waals surface area contributed by atoms with E-state index in [9.17, 15) is 0 Å². The Kier molecular flexibility index (Phi) is 7.36. The minimum absolute atomic E-state index is 0.118. The van der Waals surface area contributed by atoms with E-state index in [1.165, 1.54) is 0 Å². The third kappa shape index (κ3) is 5.91. The molecule has 11 heteroatoms. The highest BCUT2D eigenvalue weighted by Gasteiger charge is 2.08. The van der Waals surface area contributed by atoms with Crippen LogP contribution in [-0.2, 0) is 11.3 Å². The first kappa shape index (κ1) is 24.8. The second kappa shape index (κ2) is 11.0. The van der Waals surface area contributed by atoms with Crippen molar-refractivity contribution in [3.8, 4) is 22.3 Å². The maximum atomic E-state index is 5.93. The summed E-state index contributed by atoms with van der Waals surface area (Å²) < 4.78 is 7.10. The summed E-state index contributed by atoms with van der Waals surface area (Å²) >= 11 is 11.8. The molecule has 1 N–H and O–H groups in total. The van der Waals surface area contributed by atoms with Crippen molar-refractivity contribution in [2.75, 3.05) is 7.11 Å². The number of aromatic amines is 1. The Labute approximate surface area is 222 Å². The minimum atomic E-state index is 0.118. The summed E-state index contributed by atoms with van der Waals surface area (Å²) in [6, 6.07) is 11.1. The van der Waals surface area contributed by atoms with E-state index in [2.05, 4.69) is 35.2 Å². The molecule has 0 fully saturated rings. The number of fused-ring (bicyclic) bond motifs is 2. The first-order valence-corrected chi connectivity index (χ1v) is 12.1. The molecule has 1 unspecified atom stereocenters. The lowest BCUT2D eigenvalue weighted by atomic mass is 10.1. The third-order valence-electron chi connectivity index (χ3n) is 5.65. The molecule has 0 radical (unpaired) electrons. The molecule has 6 aromatic rings. The van der Waals surface area contributed by atoms with Crippen molar-refractivity contribution in [1.82, 2.24) is 39.9 Å². The Bertz CT molecular complexity index is 1650. The molecular formula is C26H22Cl2N8O. The zero-order valence-corrected chi connectivity index (χ0v) is 21.5. The lowest BCUT2D eigenvalue weighted by molar-refractivity contribution is 0.0998. The van der Waals surface area contributed by atoms with Gasteiger partial charge in [-0.1, -0.05) is 23.2 Å². The van der Waals surface area contributed by atoms with Gasteiger partial charge in [0.2, 0.25) is 0 Å². The molecule has 0 aliphatic carbocycles. The normalized spacial score (nSPS) is 11.9. The quantitative estimate of drug-likeness (QED) is 0.277. The van der Waals surface area contributed by atoms with Crippen molar-refractivity contribution in [2.24, 2.45) is 0 Å². The SMILES string of the molecule is COC(C)Cn1cc(-c2cnc3ccc(Cl)nc3c2)cn1.Clc1ccc2ncc(-c3cn[nH]c3)cc2n1. The van der Waals surface area contributed by atoms with Crippen molar-refractivity contribution in [2.45, 2.75) is 19.6 Å². The molecule has 0 aliphatic heterocycles. The van der Waals surface area contributed by atoms with Crippen molar-refractivity contribution < 1.29 is 4.74 Å². The van der Waals surface area contributed by atoms with Crippen LogP contribution in [0, 0.1) is 0 Å². The predicted octanol–water partition coefficient (Wildman–Crippen LogP) is 5.85. The van der Waals surface area contributed by atoms with Gasteiger partial charge in [-0.15, -0.1) is 0 Å². The molecule has 6 heterocycles. The molecule has 6 aromatic heterocycles. The zero-order chi connectivity index (χ0) is 25.8. The van der Waals surface area contributed by atoms with Gasteiger partial charge in [0.15, 0.2) is 0 Å². The van der Waals surface area contributed by atoms with Gasteiger partial charge in [0.05, 0.1) is 47.1 Å². The predicted molar refractivity (Wildman–Crippen MR) is 144 cm³/mol. The number of H-pyrrole nitrogens is 1. The van der Waals surface area contributed by atoms with Crippen LogP contribution < -0.4 is 0 Å². The van der Waals surface area contributed by atoms with Crippen LogP contribution in [0.25, 0.3) is 44.3 Å². The molecule has 37 heavy (non-hydrogen) atoms. The smallest absolute Gasteiger partial charge is 0.129 e. The van der Waals surface area contributed by atoms with Crippen molar-refractivity contribution >= 4 is 45.3 Å². The van der Waals surface area contributed by atoms with Crippen LogP contribution in [0.5, 0.6) is 0 Å². The summed E-state index contributed by atoms with van der Waals surface area (Å²) in [4.78, 5) is 17.2. The van der Waals surface area contributed by atoms with Gasteiger partial charge in [0.25, 0.3) is 0 Å².